The first-order chi connectivity index (χ1) is 8.08. The van der Waals surface area contributed by atoms with Crippen LogP contribution in [0.2, 0.25) is 0 Å². The van der Waals surface area contributed by atoms with Crippen LogP contribution in [0.5, 0.6) is 0 Å². The summed E-state index contributed by atoms with van der Waals surface area (Å²) in [7, 11) is 4.15. The van der Waals surface area contributed by atoms with Crippen LogP contribution < -0.4 is 0 Å². The zero-order chi connectivity index (χ0) is 12.4. The molecule has 5 radical (unpaired) electrons. The number of aliphatic imine (C=N–C) groups is 1. The summed E-state index contributed by atoms with van der Waals surface area (Å²) in [5.41, 5.74) is 0. The van der Waals surface area contributed by atoms with Crippen LogP contribution in [0.3, 0.4) is 0 Å². The lowest BCUT2D eigenvalue weighted by Crippen LogP contribution is -2.26. The lowest BCUT2D eigenvalue weighted by molar-refractivity contribution is 0.288. The number of hydrogen-bond donors (Lipinski definition) is 0. The highest BCUT2D eigenvalue weighted by Gasteiger charge is 2.37. The SMILES string of the molecule is CC(C)[C@H]1COC([C]2[CH][CH][CH][C]2CN(C)C)=N1. The van der Waals surface area contributed by atoms with Crippen molar-refractivity contribution >= 4 is 5.90 Å². The summed E-state index contributed by atoms with van der Waals surface area (Å²) < 4.78 is 5.72. The third-order valence-electron chi connectivity index (χ3n) is 3.07. The van der Waals surface area contributed by atoms with Gasteiger partial charge in [-0.2, -0.15) is 0 Å². The van der Waals surface area contributed by atoms with Crippen molar-refractivity contribution in [3.63, 3.8) is 0 Å². The Labute approximate surface area is 105 Å². The van der Waals surface area contributed by atoms with Gasteiger partial charge in [0.1, 0.15) is 6.61 Å². The van der Waals surface area contributed by atoms with Crippen LogP contribution >= 0.6 is 0 Å². The van der Waals surface area contributed by atoms with Gasteiger partial charge in [-0.3, -0.25) is 0 Å². The minimum atomic E-state index is 0.312. The smallest absolute Gasteiger partial charge is 0.192 e. The van der Waals surface area contributed by atoms with Crippen LogP contribution in [-0.2, 0) is 4.74 Å². The van der Waals surface area contributed by atoms with Crippen molar-refractivity contribution in [3.8, 4) is 0 Å². The Kier molecular flexibility index (Phi) is 4.08. The van der Waals surface area contributed by atoms with E-state index in [1.54, 1.807) is 0 Å². The van der Waals surface area contributed by atoms with Crippen LogP contribution in [0.4, 0.5) is 0 Å². The topological polar surface area (TPSA) is 24.8 Å². The average molecular weight is 233 g/mol. The van der Waals surface area contributed by atoms with Crippen molar-refractivity contribution in [2.24, 2.45) is 10.9 Å². The van der Waals surface area contributed by atoms with E-state index in [4.69, 9.17) is 4.74 Å². The molecule has 1 heterocycles. The van der Waals surface area contributed by atoms with E-state index in [0.29, 0.717) is 12.0 Å². The molecule has 1 aliphatic carbocycles. The van der Waals surface area contributed by atoms with E-state index < -0.39 is 0 Å². The van der Waals surface area contributed by atoms with Gasteiger partial charge >= 0.3 is 0 Å². The summed E-state index contributed by atoms with van der Waals surface area (Å²) in [6.07, 6.45) is 6.31. The number of nitrogens with zero attached hydrogens (tertiary/aromatic N) is 2. The normalized spacial score (nSPS) is 26.9. The second-order valence-electron chi connectivity index (χ2n) is 5.26. The molecular formula is C14H21N2O. The number of rotatable bonds is 4. The molecule has 0 spiro atoms. The van der Waals surface area contributed by atoms with Crippen LogP contribution in [0.1, 0.15) is 13.8 Å². The minimum Gasteiger partial charge on any atom is -0.478 e. The molecule has 17 heavy (non-hydrogen) atoms. The van der Waals surface area contributed by atoms with E-state index in [1.807, 2.05) is 0 Å². The van der Waals surface area contributed by atoms with Crippen LogP contribution in [0, 0.1) is 37.0 Å². The molecule has 0 amide bonds. The Bertz CT molecular complexity index is 286. The predicted molar refractivity (Wildman–Crippen MR) is 70.0 cm³/mol. The summed E-state index contributed by atoms with van der Waals surface area (Å²) in [5, 5.41) is 0. The molecule has 0 bridgehead atoms. The van der Waals surface area contributed by atoms with Crippen LogP contribution in [0.25, 0.3) is 0 Å². The highest BCUT2D eigenvalue weighted by molar-refractivity contribution is 5.98. The fourth-order valence-electron chi connectivity index (χ4n) is 2.02. The van der Waals surface area contributed by atoms with Gasteiger partial charge in [0, 0.05) is 12.5 Å². The van der Waals surface area contributed by atoms with Gasteiger partial charge in [0.15, 0.2) is 5.90 Å². The summed E-state index contributed by atoms with van der Waals surface area (Å²) >= 11 is 0. The molecule has 1 fully saturated rings. The van der Waals surface area contributed by atoms with Gasteiger partial charge in [0.25, 0.3) is 0 Å². The number of ether oxygens (including phenoxy) is 1. The van der Waals surface area contributed by atoms with E-state index in [0.717, 1.165) is 25.0 Å². The van der Waals surface area contributed by atoms with Gasteiger partial charge in [0.2, 0.25) is 0 Å². The van der Waals surface area contributed by atoms with Crippen molar-refractivity contribution < 1.29 is 4.74 Å². The van der Waals surface area contributed by atoms with E-state index >= 15 is 0 Å². The van der Waals surface area contributed by atoms with Crippen molar-refractivity contribution in [2.45, 2.75) is 19.9 Å². The van der Waals surface area contributed by atoms with Crippen LogP contribution in [-0.4, -0.2) is 44.1 Å². The summed E-state index contributed by atoms with van der Waals surface area (Å²) in [6, 6.07) is 0.312. The third kappa shape index (κ3) is 3.01. The Morgan fingerprint density at radius 1 is 1.41 bits per heavy atom. The third-order valence-corrected chi connectivity index (χ3v) is 3.07. The quantitative estimate of drug-likeness (QED) is 0.739. The molecule has 1 saturated carbocycles. The van der Waals surface area contributed by atoms with Crippen molar-refractivity contribution in [1.82, 2.24) is 4.90 Å². The standard InChI is InChI=1S/C14H21N2O/c1-10(2)13-9-17-14(15-13)12-7-5-6-11(12)8-16(3)4/h5-7,10,13H,8-9H2,1-4H3/t13-/m1/s1. The molecule has 3 nitrogen and oxygen atoms in total. The molecule has 93 valence electrons. The van der Waals surface area contributed by atoms with Gasteiger partial charge in [-0.15, -0.1) is 0 Å². The van der Waals surface area contributed by atoms with E-state index in [-0.39, 0.29) is 0 Å². The van der Waals surface area contributed by atoms with Gasteiger partial charge in [-0.05, 0) is 39.3 Å². The minimum absolute atomic E-state index is 0.312. The molecule has 2 rings (SSSR count). The fraction of sp³-hybridized carbons (Fsp3) is 0.571. The maximum absolute atomic E-state index is 5.72. The van der Waals surface area contributed by atoms with Gasteiger partial charge in [-0.25, -0.2) is 4.99 Å². The van der Waals surface area contributed by atoms with Crippen molar-refractivity contribution in [1.29, 1.82) is 0 Å². The monoisotopic (exact) mass is 233 g/mol. The number of hydrogen-bond acceptors (Lipinski definition) is 3. The zero-order valence-corrected chi connectivity index (χ0v) is 11.1. The first-order valence-corrected chi connectivity index (χ1v) is 6.18. The Hall–Kier alpha value is -0.570. The van der Waals surface area contributed by atoms with Gasteiger partial charge in [-0.1, -0.05) is 13.8 Å². The van der Waals surface area contributed by atoms with E-state index in [1.165, 1.54) is 5.92 Å². The Morgan fingerprint density at radius 3 is 2.76 bits per heavy atom. The summed E-state index contributed by atoms with van der Waals surface area (Å²) in [4.78, 5) is 6.83. The largest absolute Gasteiger partial charge is 0.478 e. The first-order valence-electron chi connectivity index (χ1n) is 6.18. The average Bonchev–Trinajstić information content (AvgIpc) is 2.83. The molecule has 0 aromatic carbocycles. The predicted octanol–water partition coefficient (Wildman–Crippen LogP) is 1.78. The van der Waals surface area contributed by atoms with Crippen molar-refractivity contribution in [2.75, 3.05) is 27.2 Å². The maximum Gasteiger partial charge on any atom is 0.192 e. The van der Waals surface area contributed by atoms with Crippen molar-refractivity contribution in [3.05, 3.63) is 31.1 Å². The molecule has 2 aliphatic rings. The van der Waals surface area contributed by atoms with Gasteiger partial charge < -0.3 is 9.64 Å². The molecule has 0 aromatic heterocycles. The fourth-order valence-corrected chi connectivity index (χ4v) is 2.02. The molecular weight excluding hydrogens is 212 g/mol. The highest BCUT2D eigenvalue weighted by atomic mass is 16.5. The second kappa shape index (κ2) is 5.38. The lowest BCUT2D eigenvalue weighted by Gasteiger charge is -2.20. The molecule has 1 aliphatic heterocycles. The van der Waals surface area contributed by atoms with Crippen LogP contribution in [0.15, 0.2) is 4.99 Å². The summed E-state index contributed by atoms with van der Waals surface area (Å²) in [6.45, 7) is 6.02. The molecule has 0 N–H and O–H groups in total. The molecule has 0 aromatic rings. The highest BCUT2D eigenvalue weighted by Crippen LogP contribution is 2.36. The first kappa shape index (κ1) is 12.9. The zero-order valence-electron chi connectivity index (χ0n) is 11.1. The lowest BCUT2D eigenvalue weighted by atomic mass is 9.95. The van der Waals surface area contributed by atoms with E-state index in [2.05, 4.69) is 57.1 Å². The Morgan fingerprint density at radius 2 is 2.18 bits per heavy atom. The molecule has 1 atom stereocenters. The van der Waals surface area contributed by atoms with E-state index in [9.17, 15) is 0 Å². The summed E-state index contributed by atoms with van der Waals surface area (Å²) in [5.74, 6) is 3.81. The molecule has 3 heteroatoms. The molecule has 0 unspecified atom stereocenters. The van der Waals surface area contributed by atoms with Gasteiger partial charge in [0.05, 0.1) is 12.0 Å². The Balaban J connectivity index is 1.99. The second-order valence-corrected chi connectivity index (χ2v) is 5.26. The maximum atomic E-state index is 5.72. The molecule has 0 saturated heterocycles.